The van der Waals surface area contributed by atoms with Gasteiger partial charge in [-0.1, -0.05) is 12.1 Å². The summed E-state index contributed by atoms with van der Waals surface area (Å²) in [7, 11) is 0. The zero-order valence-electron chi connectivity index (χ0n) is 20.1. The molecule has 2 unspecified atom stereocenters. The molecule has 0 aliphatic carbocycles. The second-order valence-electron chi connectivity index (χ2n) is 10.00. The summed E-state index contributed by atoms with van der Waals surface area (Å²) >= 11 is 7.75. The lowest BCUT2D eigenvalue weighted by Crippen LogP contribution is -2.58. The predicted octanol–water partition coefficient (Wildman–Crippen LogP) is 4.55. The zero-order chi connectivity index (χ0) is 24.5. The summed E-state index contributed by atoms with van der Waals surface area (Å²) in [4.78, 5) is 33.3. The third-order valence-corrected chi connectivity index (χ3v) is 8.66. The zero-order valence-corrected chi connectivity index (χ0v) is 21.7. The number of hydrogen-bond donors (Lipinski definition) is 0. The van der Waals surface area contributed by atoms with E-state index in [1.807, 2.05) is 36.6 Å². The largest absolute Gasteiger partial charge is 0.339 e. The monoisotopic (exact) mass is 505 g/mol. The van der Waals surface area contributed by atoms with Gasteiger partial charge in [-0.25, -0.2) is 4.39 Å². The molecule has 5 nitrogen and oxygen atoms in total. The number of fused-ring (bicyclic) bond motifs is 1. The van der Waals surface area contributed by atoms with Crippen molar-refractivity contribution in [2.24, 2.45) is 5.41 Å². The van der Waals surface area contributed by atoms with Crippen molar-refractivity contribution < 1.29 is 14.0 Å². The fourth-order valence-electron chi connectivity index (χ4n) is 5.01. The van der Waals surface area contributed by atoms with Gasteiger partial charge in [0.2, 0.25) is 11.8 Å². The van der Waals surface area contributed by atoms with Crippen LogP contribution >= 0.6 is 22.9 Å². The number of rotatable bonds is 6. The van der Waals surface area contributed by atoms with Gasteiger partial charge in [-0.3, -0.25) is 14.5 Å². The summed E-state index contributed by atoms with van der Waals surface area (Å²) in [5.74, 6) is 0.172. The van der Waals surface area contributed by atoms with E-state index in [0.29, 0.717) is 32.6 Å². The van der Waals surface area contributed by atoms with Gasteiger partial charge in [0, 0.05) is 55.9 Å². The fourth-order valence-corrected chi connectivity index (χ4v) is 6.02. The third kappa shape index (κ3) is 5.16. The molecule has 0 saturated carbocycles. The van der Waals surface area contributed by atoms with Crippen LogP contribution in [0.2, 0.25) is 0 Å². The standard InChI is InChI=1S/C26H33ClFN3O2S/c1-18-16-30(12-13-31(18)25(33)26(2,3)17-27)23(32)8-11-29-10-7-22-21(9-14-34-22)24(29)19-5-4-6-20(28)15-19/h4-6,9,14-15,18,24H,7-8,10-13,16-17H2,1-3H3. The molecule has 8 heteroatoms. The molecule has 0 N–H and O–H groups in total. The number of thiophene rings is 1. The van der Waals surface area contributed by atoms with Gasteiger partial charge in [0.05, 0.1) is 11.5 Å². The highest BCUT2D eigenvalue weighted by Gasteiger charge is 2.37. The van der Waals surface area contributed by atoms with Crippen molar-refractivity contribution in [3.05, 3.63) is 57.5 Å². The number of hydrogen-bond acceptors (Lipinski definition) is 4. The first kappa shape index (κ1) is 25.1. The molecule has 0 radical (unpaired) electrons. The molecule has 2 amide bonds. The van der Waals surface area contributed by atoms with Crippen molar-refractivity contribution in [2.75, 3.05) is 38.6 Å². The lowest BCUT2D eigenvalue weighted by Gasteiger charge is -2.43. The normalized spacial score (nSPS) is 21.4. The van der Waals surface area contributed by atoms with Crippen LogP contribution < -0.4 is 0 Å². The second kappa shape index (κ2) is 10.3. The topological polar surface area (TPSA) is 43.9 Å². The second-order valence-corrected chi connectivity index (χ2v) is 11.3. The van der Waals surface area contributed by atoms with E-state index in [-0.39, 0.29) is 35.6 Å². The molecule has 2 aromatic rings. The SMILES string of the molecule is CC1CN(C(=O)CCN2CCc3sccc3C2c2cccc(F)c2)CCN1C(=O)C(C)(C)CCl. The molecule has 1 aromatic carbocycles. The van der Waals surface area contributed by atoms with Gasteiger partial charge in [-0.15, -0.1) is 22.9 Å². The average molecular weight is 506 g/mol. The van der Waals surface area contributed by atoms with Crippen molar-refractivity contribution in [1.82, 2.24) is 14.7 Å². The number of amides is 2. The van der Waals surface area contributed by atoms with Crippen molar-refractivity contribution in [2.45, 2.75) is 45.7 Å². The lowest BCUT2D eigenvalue weighted by molar-refractivity contribution is -0.148. The van der Waals surface area contributed by atoms with E-state index in [1.54, 1.807) is 23.5 Å². The first-order chi connectivity index (χ1) is 16.2. The molecule has 1 saturated heterocycles. The quantitative estimate of drug-likeness (QED) is 0.541. The van der Waals surface area contributed by atoms with Crippen LogP contribution in [0.3, 0.4) is 0 Å². The summed E-state index contributed by atoms with van der Waals surface area (Å²) in [6.07, 6.45) is 1.35. The van der Waals surface area contributed by atoms with E-state index in [2.05, 4.69) is 16.3 Å². The van der Waals surface area contributed by atoms with Crippen LogP contribution in [0.25, 0.3) is 0 Å². The van der Waals surface area contributed by atoms with Crippen molar-refractivity contribution in [3.8, 4) is 0 Å². The Morgan fingerprint density at radius 3 is 2.71 bits per heavy atom. The van der Waals surface area contributed by atoms with Gasteiger partial charge >= 0.3 is 0 Å². The van der Waals surface area contributed by atoms with Crippen molar-refractivity contribution >= 4 is 34.8 Å². The van der Waals surface area contributed by atoms with E-state index in [4.69, 9.17) is 11.6 Å². The first-order valence-corrected chi connectivity index (χ1v) is 13.3. The van der Waals surface area contributed by atoms with Crippen LogP contribution in [-0.4, -0.2) is 71.2 Å². The minimum absolute atomic E-state index is 0.0373. The Bertz CT molecular complexity index is 1040. The molecule has 184 valence electrons. The van der Waals surface area contributed by atoms with Crippen molar-refractivity contribution in [1.29, 1.82) is 0 Å². The molecule has 34 heavy (non-hydrogen) atoms. The van der Waals surface area contributed by atoms with Gasteiger partial charge in [0.15, 0.2) is 0 Å². The number of carbonyl (C=O) groups is 2. The van der Waals surface area contributed by atoms with Gasteiger partial charge in [0.25, 0.3) is 0 Å². The van der Waals surface area contributed by atoms with E-state index < -0.39 is 5.41 Å². The summed E-state index contributed by atoms with van der Waals surface area (Å²) in [6.45, 7) is 8.76. The molecule has 2 aliphatic heterocycles. The van der Waals surface area contributed by atoms with Crippen LogP contribution in [-0.2, 0) is 16.0 Å². The van der Waals surface area contributed by atoms with Crippen molar-refractivity contribution in [3.63, 3.8) is 0 Å². The van der Waals surface area contributed by atoms with Crippen LogP contribution in [0.15, 0.2) is 35.7 Å². The summed E-state index contributed by atoms with van der Waals surface area (Å²) in [5.41, 5.74) is 1.54. The minimum Gasteiger partial charge on any atom is -0.339 e. The van der Waals surface area contributed by atoms with Gasteiger partial charge < -0.3 is 9.80 Å². The molecular weight excluding hydrogens is 473 g/mol. The van der Waals surface area contributed by atoms with E-state index in [9.17, 15) is 14.0 Å². The number of nitrogens with zero attached hydrogens (tertiary/aromatic N) is 3. The number of piperazine rings is 1. The van der Waals surface area contributed by atoms with Crippen LogP contribution in [0, 0.1) is 11.2 Å². The summed E-state index contributed by atoms with van der Waals surface area (Å²) in [6, 6.07) is 8.84. The average Bonchev–Trinajstić information content (AvgIpc) is 3.30. The Hall–Kier alpha value is -1.96. The van der Waals surface area contributed by atoms with Gasteiger partial charge in [-0.05, 0) is 61.9 Å². The van der Waals surface area contributed by atoms with Crippen LogP contribution in [0.5, 0.6) is 0 Å². The van der Waals surface area contributed by atoms with Gasteiger partial charge in [0.1, 0.15) is 5.82 Å². The molecule has 2 aliphatic rings. The molecule has 4 rings (SSSR count). The number of carbonyl (C=O) groups excluding carboxylic acids is 2. The highest BCUT2D eigenvalue weighted by atomic mass is 35.5. The summed E-state index contributed by atoms with van der Waals surface area (Å²) in [5, 5.41) is 2.10. The minimum atomic E-state index is -0.608. The highest BCUT2D eigenvalue weighted by Crippen LogP contribution is 2.38. The van der Waals surface area contributed by atoms with E-state index >= 15 is 0 Å². The Balaban J connectivity index is 1.40. The molecular formula is C26H33ClFN3O2S. The Morgan fingerprint density at radius 2 is 2.00 bits per heavy atom. The first-order valence-electron chi connectivity index (χ1n) is 11.9. The molecule has 1 aromatic heterocycles. The molecule has 3 heterocycles. The Kier molecular flexibility index (Phi) is 7.65. The van der Waals surface area contributed by atoms with Crippen LogP contribution in [0.4, 0.5) is 4.39 Å². The van der Waals surface area contributed by atoms with Gasteiger partial charge in [-0.2, -0.15) is 0 Å². The molecule has 2 atom stereocenters. The van der Waals surface area contributed by atoms with E-state index in [0.717, 1.165) is 18.5 Å². The number of benzene rings is 1. The summed E-state index contributed by atoms with van der Waals surface area (Å²) < 4.78 is 14.0. The van der Waals surface area contributed by atoms with E-state index in [1.165, 1.54) is 16.5 Å². The predicted molar refractivity (Wildman–Crippen MR) is 135 cm³/mol. The molecule has 1 fully saturated rings. The number of alkyl halides is 1. The maximum absolute atomic E-state index is 14.0. The maximum Gasteiger partial charge on any atom is 0.229 e. The molecule has 0 spiro atoms. The lowest BCUT2D eigenvalue weighted by atomic mass is 9.92. The third-order valence-electron chi connectivity index (χ3n) is 7.00. The molecule has 0 bridgehead atoms. The maximum atomic E-state index is 14.0. The highest BCUT2D eigenvalue weighted by molar-refractivity contribution is 7.10. The number of halogens is 2. The fraction of sp³-hybridized carbons (Fsp3) is 0.538. The Labute approximate surface area is 210 Å². The Morgan fingerprint density at radius 1 is 1.21 bits per heavy atom. The van der Waals surface area contributed by atoms with Crippen LogP contribution in [0.1, 0.15) is 49.2 Å². The smallest absolute Gasteiger partial charge is 0.229 e.